The van der Waals surface area contributed by atoms with Crippen molar-refractivity contribution >= 4 is 19.8 Å². The van der Waals surface area contributed by atoms with E-state index < -0.39 is 81.8 Å². The third-order valence-corrected chi connectivity index (χ3v) is 10.8. The number of carbonyl (C=O) groups excluding carboxylic acids is 2. The fourth-order valence-corrected chi connectivity index (χ4v) is 7.11. The summed E-state index contributed by atoms with van der Waals surface area (Å²) in [5.41, 5.74) is 0. The Morgan fingerprint density at radius 2 is 1.13 bits per heavy atom. The molecule has 0 spiro atoms. The van der Waals surface area contributed by atoms with Gasteiger partial charge in [-0.05, 0) is 77.0 Å². The van der Waals surface area contributed by atoms with Gasteiger partial charge >= 0.3 is 19.8 Å². The van der Waals surface area contributed by atoms with Crippen LogP contribution in [-0.4, -0.2) is 110 Å². The molecule has 1 rings (SSSR count). The van der Waals surface area contributed by atoms with Crippen molar-refractivity contribution in [2.75, 3.05) is 13.2 Å². The summed E-state index contributed by atoms with van der Waals surface area (Å²) in [6.45, 7) is 2.97. The minimum atomic E-state index is -5.15. The normalized spacial score (nSPS) is 23.2. The Labute approximate surface area is 370 Å². The Balaban J connectivity index is 2.55. The second kappa shape index (κ2) is 36.3. The molecule has 14 nitrogen and oxygen atoms in total. The average Bonchev–Trinajstić information content (AvgIpc) is 3.25. The first-order valence-electron chi connectivity index (χ1n) is 22.5. The maximum Gasteiger partial charge on any atom is 0.472 e. The van der Waals surface area contributed by atoms with Crippen LogP contribution in [0.5, 0.6) is 0 Å². The summed E-state index contributed by atoms with van der Waals surface area (Å²) in [5.74, 6) is -1.23. The summed E-state index contributed by atoms with van der Waals surface area (Å²) in [6, 6.07) is 0. The molecule has 15 heteroatoms. The average molecular weight is 897 g/mol. The van der Waals surface area contributed by atoms with Gasteiger partial charge in [0.15, 0.2) is 6.10 Å². The van der Waals surface area contributed by atoms with Gasteiger partial charge in [0.25, 0.3) is 0 Å². The highest BCUT2D eigenvalue weighted by atomic mass is 31.2. The molecule has 0 bridgehead atoms. The lowest BCUT2D eigenvalue weighted by atomic mass is 9.85. The number of hydrogen-bond acceptors (Lipinski definition) is 13. The van der Waals surface area contributed by atoms with Gasteiger partial charge in [0.1, 0.15) is 43.2 Å². The van der Waals surface area contributed by atoms with Crippen LogP contribution in [0.2, 0.25) is 0 Å². The lowest BCUT2D eigenvalue weighted by molar-refractivity contribution is -0.220. The van der Waals surface area contributed by atoms with Crippen molar-refractivity contribution < 1.29 is 68.2 Å². The van der Waals surface area contributed by atoms with Crippen molar-refractivity contribution in [3.63, 3.8) is 0 Å². The molecule has 7 N–H and O–H groups in total. The number of phosphoric acid groups is 1. The van der Waals surface area contributed by atoms with Crippen molar-refractivity contribution in [3.05, 3.63) is 85.1 Å². The molecular weight excluding hydrogens is 819 g/mol. The Kier molecular flexibility index (Phi) is 33.4. The zero-order chi connectivity index (χ0) is 45.9. The number of allylic oxidation sites excluding steroid dienone is 12. The van der Waals surface area contributed by atoms with Crippen LogP contribution in [-0.2, 0) is 32.7 Å². The zero-order valence-electron chi connectivity index (χ0n) is 37.0. The van der Waals surface area contributed by atoms with E-state index in [-0.39, 0.29) is 12.8 Å². The third kappa shape index (κ3) is 28.6. The predicted octanol–water partition coefficient (Wildman–Crippen LogP) is 7.47. The third-order valence-electron chi connectivity index (χ3n) is 9.80. The van der Waals surface area contributed by atoms with E-state index in [1.807, 2.05) is 49.5 Å². The van der Waals surface area contributed by atoms with Crippen LogP contribution in [0.3, 0.4) is 0 Å². The Morgan fingerprint density at radius 3 is 1.76 bits per heavy atom. The maximum absolute atomic E-state index is 12.8. The fraction of sp³-hybridized carbons (Fsp3) is 0.660. The molecule has 1 aliphatic rings. The number of phosphoric ester groups is 1. The van der Waals surface area contributed by atoms with Gasteiger partial charge in [-0.15, -0.1) is 0 Å². The highest BCUT2D eigenvalue weighted by Crippen LogP contribution is 2.47. The van der Waals surface area contributed by atoms with E-state index in [2.05, 4.69) is 43.4 Å². The molecule has 4 unspecified atom stereocenters. The van der Waals surface area contributed by atoms with E-state index in [1.54, 1.807) is 6.08 Å². The molecule has 0 radical (unpaired) electrons. The van der Waals surface area contributed by atoms with Crippen molar-refractivity contribution in [1.29, 1.82) is 0 Å². The van der Waals surface area contributed by atoms with Gasteiger partial charge in [0.2, 0.25) is 0 Å². The summed E-state index contributed by atoms with van der Waals surface area (Å²) < 4.78 is 33.4. The number of aliphatic hydroxyl groups excluding tert-OH is 6. The largest absolute Gasteiger partial charge is 0.472 e. The molecular formula is C47H77O14P. The van der Waals surface area contributed by atoms with Crippen molar-refractivity contribution in [1.82, 2.24) is 0 Å². The smallest absolute Gasteiger partial charge is 0.462 e. The quantitative estimate of drug-likeness (QED) is 0.0108. The molecule has 9 atom stereocenters. The molecule has 1 saturated carbocycles. The first-order chi connectivity index (χ1) is 29.8. The van der Waals surface area contributed by atoms with E-state index in [0.29, 0.717) is 25.7 Å². The Bertz CT molecular complexity index is 1420. The molecule has 0 aromatic heterocycles. The van der Waals surface area contributed by atoms with E-state index >= 15 is 0 Å². The van der Waals surface area contributed by atoms with E-state index in [9.17, 15) is 49.7 Å². The lowest BCUT2D eigenvalue weighted by Gasteiger charge is -2.41. The SMILES string of the molecule is CC/C=C/CC(O)/C=C/C=C/CCCCCCCC(=O)O[C@H](COC(=O)CCC/C=C\C/C=C\C/C=C\C/C=C\CCCCC)COP(=O)(O)OC1[C@H](O)[C@H](O)C(O)[C@H](O)[C@H]1O. The lowest BCUT2D eigenvalue weighted by Crippen LogP contribution is -2.64. The van der Waals surface area contributed by atoms with Crippen molar-refractivity contribution in [2.45, 2.75) is 185 Å². The number of rotatable bonds is 35. The van der Waals surface area contributed by atoms with Gasteiger partial charge in [-0.2, -0.15) is 0 Å². The molecule has 1 fully saturated rings. The highest BCUT2D eigenvalue weighted by molar-refractivity contribution is 7.47. The minimum Gasteiger partial charge on any atom is -0.462 e. The van der Waals surface area contributed by atoms with Crippen LogP contribution in [0.15, 0.2) is 85.1 Å². The maximum atomic E-state index is 12.8. The molecule has 0 aliphatic heterocycles. The number of unbranched alkanes of at least 4 members (excludes halogenated alkanes) is 9. The van der Waals surface area contributed by atoms with Crippen LogP contribution in [0.1, 0.15) is 136 Å². The second-order valence-electron chi connectivity index (χ2n) is 15.4. The van der Waals surface area contributed by atoms with Crippen LogP contribution < -0.4 is 0 Å². The highest BCUT2D eigenvalue weighted by Gasteiger charge is 2.51. The Hall–Kier alpha value is -3.01. The summed E-state index contributed by atoms with van der Waals surface area (Å²) in [7, 11) is -5.15. The first kappa shape index (κ1) is 57.0. The van der Waals surface area contributed by atoms with Gasteiger partial charge in [-0.25, -0.2) is 4.57 Å². The van der Waals surface area contributed by atoms with Gasteiger partial charge in [-0.3, -0.25) is 18.6 Å². The number of carbonyl (C=O) groups is 2. The number of ether oxygens (including phenoxy) is 2. The number of hydrogen-bond donors (Lipinski definition) is 7. The van der Waals surface area contributed by atoms with Crippen molar-refractivity contribution in [2.24, 2.45) is 0 Å². The van der Waals surface area contributed by atoms with Crippen LogP contribution in [0.4, 0.5) is 0 Å². The molecule has 0 heterocycles. The molecule has 0 amide bonds. The molecule has 1 aliphatic carbocycles. The number of aliphatic hydroxyl groups is 6. The standard InChI is InChI=1S/C47H77O14P/c1-3-5-7-8-9-10-11-12-13-14-15-16-17-20-23-26-30-34-40(49)58-36-39(37-59-62(56,57)61-47-45(54)43(52)42(51)44(53)46(47)55)60-41(50)35-31-27-24-21-18-19-22-25-29-33-38(48)32-28-6-4-2/h6,9-10,12-13,15-16,20,22-23,25,28-29,33,38-39,42-48,51-55H,3-5,7-8,11,14,17-19,21,24,26-27,30-32,34-37H2,1-2H3,(H,56,57)/b10-9-,13-12-,16-15-,23-20-,25-22+,28-6+,33-29+/t38?,39-,42?,43-,44+,45-,46-,47?/m1/s1. The summed E-state index contributed by atoms with van der Waals surface area (Å²) in [6.07, 6.45) is 29.7. The van der Waals surface area contributed by atoms with Crippen LogP contribution in [0, 0.1) is 0 Å². The van der Waals surface area contributed by atoms with Gasteiger partial charge in [0.05, 0.1) is 12.7 Å². The van der Waals surface area contributed by atoms with Crippen molar-refractivity contribution in [3.8, 4) is 0 Å². The monoisotopic (exact) mass is 897 g/mol. The second-order valence-corrected chi connectivity index (χ2v) is 16.8. The zero-order valence-corrected chi connectivity index (χ0v) is 37.9. The summed E-state index contributed by atoms with van der Waals surface area (Å²) in [4.78, 5) is 35.6. The van der Waals surface area contributed by atoms with Crippen LogP contribution in [0.25, 0.3) is 0 Å². The molecule has 62 heavy (non-hydrogen) atoms. The number of esters is 2. The van der Waals surface area contributed by atoms with E-state index in [0.717, 1.165) is 64.2 Å². The van der Waals surface area contributed by atoms with E-state index in [1.165, 1.54) is 19.3 Å². The summed E-state index contributed by atoms with van der Waals surface area (Å²) in [5, 5.41) is 60.0. The van der Waals surface area contributed by atoms with Gasteiger partial charge in [0, 0.05) is 12.8 Å². The molecule has 354 valence electrons. The Morgan fingerprint density at radius 1 is 0.597 bits per heavy atom. The molecule has 0 aromatic rings. The van der Waals surface area contributed by atoms with E-state index in [4.69, 9.17) is 18.5 Å². The van der Waals surface area contributed by atoms with Gasteiger partial charge in [-0.1, -0.05) is 131 Å². The molecule has 0 aromatic carbocycles. The minimum absolute atomic E-state index is 0.0336. The van der Waals surface area contributed by atoms with Crippen LogP contribution >= 0.6 is 7.82 Å². The fourth-order valence-electron chi connectivity index (χ4n) is 6.14. The summed E-state index contributed by atoms with van der Waals surface area (Å²) >= 11 is 0. The topological polar surface area (TPSA) is 230 Å². The molecule has 0 saturated heterocycles. The van der Waals surface area contributed by atoms with Gasteiger partial charge < -0.3 is 45.0 Å². The first-order valence-corrected chi connectivity index (χ1v) is 24.0. The predicted molar refractivity (Wildman–Crippen MR) is 241 cm³/mol.